The molecule has 0 amide bonds. The van der Waals surface area contributed by atoms with Crippen LogP contribution in [0.5, 0.6) is 0 Å². The Bertz CT molecular complexity index is 3570. The fourth-order valence-corrected chi connectivity index (χ4v) is 8.54. The molecule has 4 aromatic heterocycles. The second kappa shape index (κ2) is 13.8. The first-order valence-corrected chi connectivity index (χ1v) is 20.1. The zero-order valence-electron chi connectivity index (χ0n) is 32.2. The van der Waals surface area contributed by atoms with Crippen molar-refractivity contribution >= 4 is 54.8 Å². The van der Waals surface area contributed by atoms with Crippen molar-refractivity contribution < 1.29 is 8.83 Å². The average Bonchev–Trinajstić information content (AvgIpc) is 3.91. The molecule has 0 fully saturated rings. The normalized spacial score (nSPS) is 11.7. The van der Waals surface area contributed by atoms with Crippen molar-refractivity contribution in [1.82, 2.24) is 15.0 Å². The van der Waals surface area contributed by atoms with E-state index in [0.29, 0.717) is 5.82 Å². The standard InChI is InChI=1S/C55H33N3O2/c1-3-12-34(13-4-1)40-30-31-46-45(32-40)51-44-17-8-10-21-50(44)60-54(51)52(56-46)38-28-26-37(27-29-38)48-33-47(57-55(58-48)39-14-5-2-6-15-39)36-24-22-35(23-25-36)41-18-11-19-43-42-16-7-9-20-49(42)59-53(41)43/h1-33H. The Kier molecular flexibility index (Phi) is 7.78. The molecule has 280 valence electrons. The molecule has 0 saturated heterocycles. The Morgan fingerprint density at radius 2 is 0.867 bits per heavy atom. The van der Waals surface area contributed by atoms with E-state index in [-0.39, 0.29) is 0 Å². The number of fused-ring (bicyclic) bond motifs is 8. The molecule has 4 heterocycles. The van der Waals surface area contributed by atoms with Crippen LogP contribution in [-0.4, -0.2) is 15.0 Å². The third-order valence-corrected chi connectivity index (χ3v) is 11.5. The molecule has 0 aliphatic heterocycles. The van der Waals surface area contributed by atoms with Crippen LogP contribution in [0.2, 0.25) is 0 Å². The summed E-state index contributed by atoms with van der Waals surface area (Å²) in [6.45, 7) is 0. The molecule has 0 bridgehead atoms. The van der Waals surface area contributed by atoms with Gasteiger partial charge in [-0.3, -0.25) is 0 Å². The highest BCUT2D eigenvalue weighted by atomic mass is 16.3. The minimum absolute atomic E-state index is 0.665. The topological polar surface area (TPSA) is 65.0 Å². The van der Waals surface area contributed by atoms with Crippen molar-refractivity contribution in [3.05, 3.63) is 200 Å². The van der Waals surface area contributed by atoms with Gasteiger partial charge in [0.25, 0.3) is 0 Å². The van der Waals surface area contributed by atoms with Crippen LogP contribution < -0.4 is 0 Å². The molecule has 0 unspecified atom stereocenters. The molecule has 0 spiro atoms. The van der Waals surface area contributed by atoms with Gasteiger partial charge in [-0.2, -0.15) is 0 Å². The zero-order valence-corrected chi connectivity index (χ0v) is 32.2. The van der Waals surface area contributed by atoms with E-state index >= 15 is 0 Å². The SMILES string of the molecule is c1ccc(-c2ccc3nc(-c4ccc(-c5cc(-c6ccc(-c7cccc8c7oc7ccccc78)cc6)nc(-c6ccccc6)n5)cc4)c4oc5ccccc5c4c3c2)cc1. The molecule has 12 rings (SSSR count). The number of para-hydroxylation sites is 3. The summed E-state index contributed by atoms with van der Waals surface area (Å²) in [6, 6.07) is 69.0. The highest BCUT2D eigenvalue weighted by Gasteiger charge is 2.19. The summed E-state index contributed by atoms with van der Waals surface area (Å²) in [5, 5.41) is 5.44. The summed E-state index contributed by atoms with van der Waals surface area (Å²) < 4.78 is 13.0. The fourth-order valence-electron chi connectivity index (χ4n) is 8.54. The highest BCUT2D eigenvalue weighted by Crippen LogP contribution is 2.41. The second-order valence-corrected chi connectivity index (χ2v) is 15.1. The summed E-state index contributed by atoms with van der Waals surface area (Å²) in [6.07, 6.45) is 0. The number of pyridine rings is 1. The minimum atomic E-state index is 0.665. The van der Waals surface area contributed by atoms with Crippen molar-refractivity contribution in [1.29, 1.82) is 0 Å². The molecule has 0 aliphatic rings. The number of hydrogen-bond donors (Lipinski definition) is 0. The van der Waals surface area contributed by atoms with Gasteiger partial charge in [-0.15, -0.1) is 0 Å². The van der Waals surface area contributed by atoms with E-state index in [1.165, 1.54) is 0 Å². The maximum Gasteiger partial charge on any atom is 0.162 e. The van der Waals surface area contributed by atoms with Gasteiger partial charge < -0.3 is 8.83 Å². The third kappa shape index (κ3) is 5.67. The van der Waals surface area contributed by atoms with Crippen LogP contribution >= 0.6 is 0 Å². The van der Waals surface area contributed by atoms with Crippen molar-refractivity contribution in [2.75, 3.05) is 0 Å². The minimum Gasteiger partial charge on any atom is -0.455 e. The summed E-state index contributed by atoms with van der Waals surface area (Å²) in [4.78, 5) is 15.5. The van der Waals surface area contributed by atoms with Gasteiger partial charge in [0.2, 0.25) is 0 Å². The number of nitrogens with zero attached hydrogens (tertiary/aromatic N) is 3. The van der Waals surface area contributed by atoms with Gasteiger partial charge in [0, 0.05) is 54.7 Å². The number of furan rings is 2. The van der Waals surface area contributed by atoms with Crippen LogP contribution in [0.4, 0.5) is 0 Å². The monoisotopic (exact) mass is 767 g/mol. The van der Waals surface area contributed by atoms with Crippen LogP contribution in [0.1, 0.15) is 0 Å². The molecule has 0 atom stereocenters. The summed E-state index contributed by atoms with van der Waals surface area (Å²) in [5.74, 6) is 0.665. The smallest absolute Gasteiger partial charge is 0.162 e. The Balaban J connectivity index is 0.945. The Labute approximate surface area is 344 Å². The summed E-state index contributed by atoms with van der Waals surface area (Å²) in [5.41, 5.74) is 15.1. The van der Waals surface area contributed by atoms with E-state index in [9.17, 15) is 0 Å². The number of rotatable bonds is 6. The second-order valence-electron chi connectivity index (χ2n) is 15.1. The van der Waals surface area contributed by atoms with Crippen LogP contribution in [-0.2, 0) is 0 Å². The van der Waals surface area contributed by atoms with Gasteiger partial charge in [-0.05, 0) is 47.0 Å². The fraction of sp³-hybridized carbons (Fsp3) is 0. The van der Waals surface area contributed by atoms with Gasteiger partial charge >= 0.3 is 0 Å². The number of aromatic nitrogens is 3. The lowest BCUT2D eigenvalue weighted by atomic mass is 9.98. The molecule has 8 aromatic carbocycles. The van der Waals surface area contributed by atoms with Gasteiger partial charge in [-0.25, -0.2) is 15.0 Å². The van der Waals surface area contributed by atoms with Crippen LogP contribution in [0.25, 0.3) is 122 Å². The molecule has 0 aliphatic carbocycles. The lowest BCUT2D eigenvalue weighted by molar-refractivity contribution is 0.668. The predicted molar refractivity (Wildman–Crippen MR) is 245 cm³/mol. The van der Waals surface area contributed by atoms with E-state index in [2.05, 4.69) is 152 Å². The molecule has 0 N–H and O–H groups in total. The van der Waals surface area contributed by atoms with Crippen LogP contribution in [0.15, 0.2) is 209 Å². The average molecular weight is 768 g/mol. The highest BCUT2D eigenvalue weighted by molar-refractivity contribution is 6.21. The predicted octanol–water partition coefficient (Wildman–Crippen LogP) is 14.8. The summed E-state index contributed by atoms with van der Waals surface area (Å²) in [7, 11) is 0. The van der Waals surface area contributed by atoms with E-state index in [1.54, 1.807) is 0 Å². The largest absolute Gasteiger partial charge is 0.455 e. The van der Waals surface area contributed by atoms with E-state index in [4.69, 9.17) is 23.8 Å². The van der Waals surface area contributed by atoms with Gasteiger partial charge in [0.15, 0.2) is 11.4 Å². The molecular weight excluding hydrogens is 735 g/mol. The third-order valence-electron chi connectivity index (χ3n) is 11.5. The van der Waals surface area contributed by atoms with E-state index in [1.807, 2.05) is 48.5 Å². The lowest BCUT2D eigenvalue weighted by Crippen LogP contribution is -1.96. The molecule has 0 saturated carbocycles. The number of benzene rings is 8. The van der Waals surface area contributed by atoms with E-state index in [0.717, 1.165) is 116 Å². The molecule has 12 aromatic rings. The zero-order chi connectivity index (χ0) is 39.6. The van der Waals surface area contributed by atoms with Crippen LogP contribution in [0, 0.1) is 0 Å². The molecule has 0 radical (unpaired) electrons. The van der Waals surface area contributed by atoms with Crippen molar-refractivity contribution in [2.24, 2.45) is 0 Å². The number of hydrogen-bond acceptors (Lipinski definition) is 5. The summed E-state index contributed by atoms with van der Waals surface area (Å²) >= 11 is 0. The van der Waals surface area contributed by atoms with Gasteiger partial charge in [0.05, 0.1) is 16.9 Å². The van der Waals surface area contributed by atoms with Crippen LogP contribution in [0.3, 0.4) is 0 Å². The maximum absolute atomic E-state index is 6.62. The first kappa shape index (κ1) is 33.9. The van der Waals surface area contributed by atoms with E-state index < -0.39 is 0 Å². The van der Waals surface area contributed by atoms with Gasteiger partial charge in [0.1, 0.15) is 22.4 Å². The van der Waals surface area contributed by atoms with Crippen molar-refractivity contribution in [2.45, 2.75) is 0 Å². The first-order chi connectivity index (χ1) is 29.7. The molecule has 60 heavy (non-hydrogen) atoms. The van der Waals surface area contributed by atoms with Crippen molar-refractivity contribution in [3.8, 4) is 67.4 Å². The first-order valence-electron chi connectivity index (χ1n) is 20.1. The van der Waals surface area contributed by atoms with Gasteiger partial charge in [-0.1, -0.05) is 170 Å². The Hall–Kier alpha value is -8.15. The Morgan fingerprint density at radius 1 is 0.317 bits per heavy atom. The maximum atomic E-state index is 6.62. The lowest BCUT2D eigenvalue weighted by Gasteiger charge is -2.11. The molecular formula is C55H33N3O2. The quantitative estimate of drug-likeness (QED) is 0.169. The Morgan fingerprint density at radius 3 is 1.58 bits per heavy atom. The molecule has 5 nitrogen and oxygen atoms in total. The van der Waals surface area contributed by atoms with Crippen molar-refractivity contribution in [3.63, 3.8) is 0 Å². The molecule has 5 heteroatoms.